The number of hydrogen-bond acceptors (Lipinski definition) is 4. The number of anilines is 1. The Bertz CT molecular complexity index is 1010. The fourth-order valence-electron chi connectivity index (χ4n) is 3.58. The summed E-state index contributed by atoms with van der Waals surface area (Å²) in [7, 11) is 1.33. The van der Waals surface area contributed by atoms with E-state index in [4.69, 9.17) is 4.74 Å². The fourth-order valence-corrected chi connectivity index (χ4v) is 3.58. The molecule has 1 atom stereocenters. The number of methoxy groups -OCH3 is 1. The van der Waals surface area contributed by atoms with Crippen LogP contribution in [-0.2, 0) is 16.0 Å². The number of nitrogens with zero attached hydrogens (tertiary/aromatic N) is 2. The maximum absolute atomic E-state index is 13.2. The van der Waals surface area contributed by atoms with Gasteiger partial charge in [0.15, 0.2) is 0 Å². The van der Waals surface area contributed by atoms with Gasteiger partial charge < -0.3 is 10.1 Å². The first-order valence-electron chi connectivity index (χ1n) is 8.76. The molecule has 0 bridgehead atoms. The third-order valence-electron chi connectivity index (χ3n) is 4.84. The standard InChI is InChI=1S/C21H19N3O3/c1-27-21(26)24-13-11-14-6-2-3-7-15(14)19(24)20(25)23-18-10-4-9-17-16(18)8-5-12-22-17/h2-10,12,19H,11,13H2,1H3,(H,23,25). The molecule has 6 nitrogen and oxygen atoms in total. The number of aromatic nitrogens is 1. The number of carbonyl (C=O) groups is 2. The van der Waals surface area contributed by atoms with Gasteiger partial charge in [0.25, 0.3) is 5.91 Å². The molecule has 2 aromatic carbocycles. The van der Waals surface area contributed by atoms with Crippen LogP contribution in [0.25, 0.3) is 10.9 Å². The van der Waals surface area contributed by atoms with Gasteiger partial charge in [-0.2, -0.15) is 0 Å². The van der Waals surface area contributed by atoms with Crippen molar-refractivity contribution in [2.45, 2.75) is 12.5 Å². The molecule has 1 aromatic heterocycles. The van der Waals surface area contributed by atoms with Crippen molar-refractivity contribution < 1.29 is 14.3 Å². The van der Waals surface area contributed by atoms with E-state index in [0.29, 0.717) is 18.7 Å². The summed E-state index contributed by atoms with van der Waals surface area (Å²) in [5, 5.41) is 3.83. The topological polar surface area (TPSA) is 71.5 Å². The summed E-state index contributed by atoms with van der Waals surface area (Å²) in [6.07, 6.45) is 1.89. The third-order valence-corrected chi connectivity index (χ3v) is 4.84. The van der Waals surface area contributed by atoms with Crippen LogP contribution in [0.15, 0.2) is 60.8 Å². The SMILES string of the molecule is COC(=O)N1CCc2ccccc2C1C(=O)Nc1cccc2ncccc12. The molecule has 0 fully saturated rings. The lowest BCUT2D eigenvalue weighted by atomic mass is 9.92. The van der Waals surface area contributed by atoms with Crippen molar-refractivity contribution in [3.05, 3.63) is 71.9 Å². The highest BCUT2D eigenvalue weighted by Gasteiger charge is 2.36. The van der Waals surface area contributed by atoms with Crippen molar-refractivity contribution >= 4 is 28.6 Å². The van der Waals surface area contributed by atoms with Crippen molar-refractivity contribution in [3.63, 3.8) is 0 Å². The van der Waals surface area contributed by atoms with Crippen LogP contribution in [0.5, 0.6) is 0 Å². The molecule has 0 radical (unpaired) electrons. The molecule has 6 heteroatoms. The summed E-state index contributed by atoms with van der Waals surface area (Å²) in [4.78, 5) is 31.3. The Balaban J connectivity index is 1.72. The minimum absolute atomic E-state index is 0.274. The number of ether oxygens (including phenoxy) is 1. The molecule has 0 saturated carbocycles. The summed E-state index contributed by atoms with van der Waals surface area (Å²) in [6.45, 7) is 0.429. The number of rotatable bonds is 2. The molecule has 1 aliphatic heterocycles. The van der Waals surface area contributed by atoms with Crippen LogP contribution in [0.4, 0.5) is 10.5 Å². The number of nitrogens with one attached hydrogen (secondary N) is 1. The van der Waals surface area contributed by atoms with E-state index in [1.807, 2.05) is 54.6 Å². The Morgan fingerprint density at radius 1 is 1.11 bits per heavy atom. The van der Waals surface area contributed by atoms with Gasteiger partial charge in [0.1, 0.15) is 6.04 Å². The van der Waals surface area contributed by atoms with E-state index in [-0.39, 0.29) is 5.91 Å². The Morgan fingerprint density at radius 2 is 1.96 bits per heavy atom. The van der Waals surface area contributed by atoms with Gasteiger partial charge in [0, 0.05) is 18.1 Å². The molecule has 2 amide bonds. The van der Waals surface area contributed by atoms with Crippen molar-refractivity contribution in [3.8, 4) is 0 Å². The van der Waals surface area contributed by atoms with Crippen molar-refractivity contribution in [1.82, 2.24) is 9.88 Å². The molecular formula is C21H19N3O3. The lowest BCUT2D eigenvalue weighted by Gasteiger charge is -2.35. The van der Waals surface area contributed by atoms with Crippen molar-refractivity contribution in [1.29, 1.82) is 0 Å². The number of carbonyl (C=O) groups excluding carboxylic acids is 2. The molecule has 0 saturated heterocycles. The van der Waals surface area contributed by atoms with Crippen LogP contribution in [-0.4, -0.2) is 35.5 Å². The summed E-state index contributed by atoms with van der Waals surface area (Å²) < 4.78 is 4.90. The van der Waals surface area contributed by atoms with E-state index >= 15 is 0 Å². The number of fused-ring (bicyclic) bond motifs is 2. The predicted octanol–water partition coefficient (Wildman–Crippen LogP) is 3.54. The highest BCUT2D eigenvalue weighted by molar-refractivity contribution is 6.04. The molecule has 3 aromatic rings. The zero-order valence-electron chi connectivity index (χ0n) is 14.9. The van der Waals surface area contributed by atoms with Gasteiger partial charge in [-0.05, 0) is 41.8 Å². The smallest absolute Gasteiger partial charge is 0.410 e. The Morgan fingerprint density at radius 3 is 2.81 bits per heavy atom. The summed E-state index contributed by atoms with van der Waals surface area (Å²) in [6, 6.07) is 16.3. The fraction of sp³-hybridized carbons (Fsp3) is 0.190. The van der Waals surface area contributed by atoms with E-state index in [9.17, 15) is 9.59 Å². The Hall–Kier alpha value is -3.41. The molecule has 2 heterocycles. The van der Waals surface area contributed by atoms with Crippen LogP contribution in [0.3, 0.4) is 0 Å². The van der Waals surface area contributed by atoms with Gasteiger partial charge in [-0.15, -0.1) is 0 Å². The number of hydrogen-bond donors (Lipinski definition) is 1. The zero-order chi connectivity index (χ0) is 18.8. The van der Waals surface area contributed by atoms with Gasteiger partial charge in [0.2, 0.25) is 0 Å². The highest BCUT2D eigenvalue weighted by Crippen LogP contribution is 2.32. The van der Waals surface area contributed by atoms with E-state index in [0.717, 1.165) is 22.0 Å². The first-order chi connectivity index (χ1) is 13.2. The van der Waals surface area contributed by atoms with Crippen molar-refractivity contribution in [2.75, 3.05) is 19.0 Å². The van der Waals surface area contributed by atoms with Gasteiger partial charge in [-0.25, -0.2) is 4.79 Å². The lowest BCUT2D eigenvalue weighted by molar-refractivity contribution is -0.121. The van der Waals surface area contributed by atoms with Crippen LogP contribution >= 0.6 is 0 Å². The molecule has 1 aliphatic rings. The highest BCUT2D eigenvalue weighted by atomic mass is 16.5. The molecule has 1 N–H and O–H groups in total. The molecule has 4 rings (SSSR count). The number of benzene rings is 2. The summed E-state index contributed by atoms with van der Waals surface area (Å²) >= 11 is 0. The van der Waals surface area contributed by atoms with Crippen LogP contribution in [0.1, 0.15) is 17.2 Å². The molecule has 27 heavy (non-hydrogen) atoms. The molecule has 136 valence electrons. The minimum atomic E-state index is -0.741. The monoisotopic (exact) mass is 361 g/mol. The maximum atomic E-state index is 13.2. The van der Waals surface area contributed by atoms with Gasteiger partial charge in [-0.3, -0.25) is 14.7 Å². The number of amides is 2. The second kappa shape index (κ2) is 7.07. The van der Waals surface area contributed by atoms with E-state index in [2.05, 4.69) is 10.3 Å². The third kappa shape index (κ3) is 3.10. The van der Waals surface area contributed by atoms with Gasteiger partial charge >= 0.3 is 6.09 Å². The number of pyridine rings is 1. The molecule has 0 aliphatic carbocycles. The summed E-state index contributed by atoms with van der Waals surface area (Å²) in [5.41, 5.74) is 3.35. The average Bonchev–Trinajstić information content (AvgIpc) is 2.72. The first-order valence-corrected chi connectivity index (χ1v) is 8.76. The van der Waals surface area contributed by atoms with E-state index in [1.54, 1.807) is 6.20 Å². The second-order valence-electron chi connectivity index (χ2n) is 6.38. The predicted molar refractivity (Wildman–Crippen MR) is 102 cm³/mol. The van der Waals surface area contributed by atoms with Gasteiger partial charge in [-0.1, -0.05) is 30.3 Å². The normalized spacial score (nSPS) is 15.9. The van der Waals surface area contributed by atoms with Crippen LogP contribution in [0.2, 0.25) is 0 Å². The molecular weight excluding hydrogens is 342 g/mol. The van der Waals surface area contributed by atoms with E-state index in [1.165, 1.54) is 12.0 Å². The minimum Gasteiger partial charge on any atom is -0.453 e. The van der Waals surface area contributed by atoms with Gasteiger partial charge in [0.05, 0.1) is 18.3 Å². The van der Waals surface area contributed by atoms with Crippen molar-refractivity contribution in [2.24, 2.45) is 0 Å². The lowest BCUT2D eigenvalue weighted by Crippen LogP contribution is -2.45. The quantitative estimate of drug-likeness (QED) is 0.758. The Kier molecular flexibility index (Phi) is 4.46. The first kappa shape index (κ1) is 17.0. The molecule has 1 unspecified atom stereocenters. The zero-order valence-corrected chi connectivity index (χ0v) is 14.9. The maximum Gasteiger partial charge on any atom is 0.410 e. The van der Waals surface area contributed by atoms with Crippen LogP contribution in [0, 0.1) is 0 Å². The van der Waals surface area contributed by atoms with Crippen LogP contribution < -0.4 is 5.32 Å². The average molecular weight is 361 g/mol. The second-order valence-corrected chi connectivity index (χ2v) is 6.38. The van der Waals surface area contributed by atoms with E-state index < -0.39 is 12.1 Å². The largest absolute Gasteiger partial charge is 0.453 e. The summed E-state index contributed by atoms with van der Waals surface area (Å²) in [5.74, 6) is -0.274. The Labute approximate surface area is 156 Å². The molecule has 0 spiro atoms.